The van der Waals surface area contributed by atoms with Crippen LogP contribution < -0.4 is 16.4 Å². The third-order valence-electron chi connectivity index (χ3n) is 3.20. The molecule has 1 saturated heterocycles. The van der Waals surface area contributed by atoms with E-state index < -0.39 is 0 Å². The Hall–Kier alpha value is -1.85. The minimum absolute atomic E-state index is 0.0230. The lowest BCUT2D eigenvalue weighted by Gasteiger charge is -2.11. The normalized spacial score (nSPS) is 18.9. The van der Waals surface area contributed by atoms with E-state index in [1.807, 2.05) is 0 Å². The van der Waals surface area contributed by atoms with Gasteiger partial charge in [0, 0.05) is 17.5 Å². The number of nitrogens with two attached hydrogens (primary N) is 1. The Balaban J connectivity index is 2.01. The van der Waals surface area contributed by atoms with Crippen LogP contribution >= 0.6 is 11.6 Å². The number of nitrogens with one attached hydrogen (secondary N) is 3. The standard InChI is InChI=1S/C14H17ClN4O/c15-11(8-16)13(17)9-3-5-10(6-4-9)19-14(20)12-2-1-7-18-12/h3-6,8,12,17-18H,1-2,7,16H2,(H,19,20)/t12-/m1/s1. The first-order chi connectivity index (χ1) is 9.61. The molecule has 0 aliphatic carbocycles. The molecule has 106 valence electrons. The molecule has 1 aliphatic rings. The van der Waals surface area contributed by atoms with Gasteiger partial charge in [-0.05, 0) is 31.5 Å². The molecular formula is C14H17ClN4O. The van der Waals surface area contributed by atoms with Gasteiger partial charge in [-0.3, -0.25) is 10.2 Å². The van der Waals surface area contributed by atoms with Crippen molar-refractivity contribution in [1.82, 2.24) is 5.32 Å². The molecule has 0 spiro atoms. The second-order valence-electron chi connectivity index (χ2n) is 4.61. The van der Waals surface area contributed by atoms with E-state index in [2.05, 4.69) is 10.6 Å². The first-order valence-electron chi connectivity index (χ1n) is 6.43. The van der Waals surface area contributed by atoms with Crippen LogP contribution in [0.5, 0.6) is 0 Å². The zero-order valence-electron chi connectivity index (χ0n) is 10.9. The van der Waals surface area contributed by atoms with Gasteiger partial charge >= 0.3 is 0 Å². The average Bonchev–Trinajstić information content (AvgIpc) is 3.01. The summed E-state index contributed by atoms with van der Waals surface area (Å²) in [5.41, 5.74) is 6.78. The minimum atomic E-state index is -0.109. The first kappa shape index (κ1) is 14.6. The van der Waals surface area contributed by atoms with Gasteiger partial charge < -0.3 is 16.4 Å². The van der Waals surface area contributed by atoms with Gasteiger partial charge in [0.05, 0.1) is 16.8 Å². The van der Waals surface area contributed by atoms with Gasteiger partial charge in [-0.1, -0.05) is 23.7 Å². The van der Waals surface area contributed by atoms with Gasteiger partial charge in [0.15, 0.2) is 0 Å². The number of anilines is 1. The fourth-order valence-corrected chi connectivity index (χ4v) is 2.19. The molecule has 5 N–H and O–H groups in total. The lowest BCUT2D eigenvalue weighted by Crippen LogP contribution is -2.35. The van der Waals surface area contributed by atoms with Crippen molar-refractivity contribution in [3.05, 3.63) is 41.1 Å². The maximum absolute atomic E-state index is 11.9. The molecule has 0 aromatic heterocycles. The Labute approximate surface area is 122 Å². The predicted molar refractivity (Wildman–Crippen MR) is 81.0 cm³/mol. The van der Waals surface area contributed by atoms with E-state index in [4.69, 9.17) is 22.7 Å². The van der Waals surface area contributed by atoms with Crippen LogP contribution in [-0.2, 0) is 4.79 Å². The molecule has 1 aromatic carbocycles. The largest absolute Gasteiger partial charge is 0.403 e. The molecule has 0 radical (unpaired) electrons. The topological polar surface area (TPSA) is 91.0 Å². The van der Waals surface area contributed by atoms with E-state index in [1.54, 1.807) is 24.3 Å². The summed E-state index contributed by atoms with van der Waals surface area (Å²) in [4.78, 5) is 11.9. The van der Waals surface area contributed by atoms with Crippen LogP contribution in [0.25, 0.3) is 0 Å². The van der Waals surface area contributed by atoms with Crippen LogP contribution in [0.4, 0.5) is 5.69 Å². The smallest absolute Gasteiger partial charge is 0.241 e. The second-order valence-corrected chi connectivity index (χ2v) is 5.01. The van der Waals surface area contributed by atoms with Crippen molar-refractivity contribution in [2.45, 2.75) is 18.9 Å². The molecule has 1 heterocycles. The van der Waals surface area contributed by atoms with Crippen molar-refractivity contribution < 1.29 is 4.79 Å². The third kappa shape index (κ3) is 3.37. The minimum Gasteiger partial charge on any atom is -0.403 e. The number of allylic oxidation sites excluding steroid dienone is 1. The Morgan fingerprint density at radius 2 is 2.15 bits per heavy atom. The van der Waals surface area contributed by atoms with E-state index in [0.29, 0.717) is 11.3 Å². The van der Waals surface area contributed by atoms with Crippen LogP contribution in [0.2, 0.25) is 0 Å². The van der Waals surface area contributed by atoms with Crippen molar-refractivity contribution in [1.29, 1.82) is 5.41 Å². The number of carbonyl (C=O) groups excluding carboxylic acids is 1. The van der Waals surface area contributed by atoms with E-state index >= 15 is 0 Å². The molecule has 0 bridgehead atoms. The van der Waals surface area contributed by atoms with E-state index in [-0.39, 0.29) is 22.7 Å². The molecule has 5 nitrogen and oxygen atoms in total. The van der Waals surface area contributed by atoms with Gasteiger partial charge in [-0.2, -0.15) is 0 Å². The number of hydrogen-bond acceptors (Lipinski definition) is 4. The van der Waals surface area contributed by atoms with Gasteiger partial charge in [0.1, 0.15) is 0 Å². The molecule has 1 amide bonds. The fourth-order valence-electron chi connectivity index (χ4n) is 2.08. The van der Waals surface area contributed by atoms with Gasteiger partial charge in [0.25, 0.3) is 0 Å². The molecule has 2 rings (SSSR count). The summed E-state index contributed by atoms with van der Waals surface area (Å²) in [7, 11) is 0. The first-order valence-corrected chi connectivity index (χ1v) is 6.80. The van der Waals surface area contributed by atoms with E-state index in [1.165, 1.54) is 6.20 Å². The summed E-state index contributed by atoms with van der Waals surface area (Å²) in [6.07, 6.45) is 3.08. The summed E-state index contributed by atoms with van der Waals surface area (Å²) in [5.74, 6) is -0.0230. The summed E-state index contributed by atoms with van der Waals surface area (Å²) < 4.78 is 0. The highest BCUT2D eigenvalue weighted by Crippen LogP contribution is 2.16. The van der Waals surface area contributed by atoms with Crippen molar-refractivity contribution in [3.63, 3.8) is 0 Å². The average molecular weight is 293 g/mol. The van der Waals surface area contributed by atoms with Crippen molar-refractivity contribution >= 4 is 28.9 Å². The molecule has 0 unspecified atom stereocenters. The zero-order valence-corrected chi connectivity index (χ0v) is 11.7. The molecule has 1 aliphatic heterocycles. The Morgan fingerprint density at radius 3 is 2.70 bits per heavy atom. The third-order valence-corrected chi connectivity index (χ3v) is 3.52. The Bertz CT molecular complexity index is 533. The van der Waals surface area contributed by atoms with Crippen LogP contribution in [0.3, 0.4) is 0 Å². The maximum Gasteiger partial charge on any atom is 0.241 e. The highest BCUT2D eigenvalue weighted by atomic mass is 35.5. The summed E-state index contributed by atoms with van der Waals surface area (Å²) >= 11 is 5.79. The highest BCUT2D eigenvalue weighted by Gasteiger charge is 2.21. The monoisotopic (exact) mass is 292 g/mol. The maximum atomic E-state index is 11.9. The van der Waals surface area contributed by atoms with Crippen molar-refractivity contribution in [3.8, 4) is 0 Å². The van der Waals surface area contributed by atoms with Gasteiger partial charge in [-0.15, -0.1) is 0 Å². The van der Waals surface area contributed by atoms with Crippen LogP contribution in [0.1, 0.15) is 18.4 Å². The van der Waals surface area contributed by atoms with Crippen molar-refractivity contribution in [2.24, 2.45) is 5.73 Å². The number of amides is 1. The highest BCUT2D eigenvalue weighted by molar-refractivity contribution is 6.45. The van der Waals surface area contributed by atoms with E-state index in [9.17, 15) is 4.79 Å². The number of halogens is 1. The number of benzene rings is 1. The molecule has 1 atom stereocenters. The molecule has 6 heteroatoms. The molecule has 1 fully saturated rings. The molecule has 0 saturated carbocycles. The van der Waals surface area contributed by atoms with E-state index in [0.717, 1.165) is 19.4 Å². The van der Waals surface area contributed by atoms with Crippen LogP contribution in [0, 0.1) is 5.41 Å². The lowest BCUT2D eigenvalue weighted by atomic mass is 10.1. The number of carbonyl (C=O) groups is 1. The Morgan fingerprint density at radius 1 is 1.45 bits per heavy atom. The quantitative estimate of drug-likeness (QED) is 0.638. The number of hydrogen-bond donors (Lipinski definition) is 4. The summed E-state index contributed by atoms with van der Waals surface area (Å²) in [6.45, 7) is 0.887. The van der Waals surface area contributed by atoms with Gasteiger partial charge in [0.2, 0.25) is 5.91 Å². The van der Waals surface area contributed by atoms with Crippen molar-refractivity contribution in [2.75, 3.05) is 11.9 Å². The Kier molecular flexibility index (Phi) is 4.76. The molecular weight excluding hydrogens is 276 g/mol. The lowest BCUT2D eigenvalue weighted by molar-refractivity contribution is -0.117. The van der Waals surface area contributed by atoms with Crippen LogP contribution in [0.15, 0.2) is 35.5 Å². The SMILES string of the molecule is N=C(C(Cl)=CN)c1ccc(NC(=O)[C@H]2CCCN2)cc1. The summed E-state index contributed by atoms with van der Waals surface area (Å²) in [5, 5.41) is 14.0. The van der Waals surface area contributed by atoms with Crippen LogP contribution in [-0.4, -0.2) is 24.2 Å². The van der Waals surface area contributed by atoms with Gasteiger partial charge in [-0.25, -0.2) is 0 Å². The predicted octanol–water partition coefficient (Wildman–Crippen LogP) is 1.78. The number of rotatable bonds is 4. The summed E-state index contributed by atoms with van der Waals surface area (Å²) in [6, 6.07) is 6.84. The second kappa shape index (κ2) is 6.54. The zero-order chi connectivity index (χ0) is 14.5. The molecule has 20 heavy (non-hydrogen) atoms. The fraction of sp³-hybridized carbons (Fsp3) is 0.286. The molecule has 1 aromatic rings.